The van der Waals surface area contributed by atoms with Crippen molar-refractivity contribution in [2.24, 2.45) is 0 Å². The molecule has 0 aliphatic heterocycles. The van der Waals surface area contributed by atoms with Crippen molar-refractivity contribution in [3.05, 3.63) is 23.3 Å². The summed E-state index contributed by atoms with van der Waals surface area (Å²) in [7, 11) is -3.80. The molecule has 3 N–H and O–H groups in total. The minimum atomic E-state index is -3.80. The highest BCUT2D eigenvalue weighted by atomic mass is 32.2. The van der Waals surface area contributed by atoms with E-state index in [2.05, 4.69) is 5.32 Å². The number of benzene rings is 1. The molecule has 0 saturated carbocycles. The number of nitrogens with two attached hydrogens (primary N) is 1. The maximum atomic E-state index is 12.8. The number of amides is 1. The predicted molar refractivity (Wildman–Crippen MR) is 83.4 cm³/mol. The molecule has 1 rings (SSSR count). The van der Waals surface area contributed by atoms with Crippen LogP contribution in [0.5, 0.6) is 0 Å². The molecule has 1 amide bonds. The van der Waals surface area contributed by atoms with Gasteiger partial charge in [0.1, 0.15) is 4.90 Å². The van der Waals surface area contributed by atoms with Gasteiger partial charge in [0.15, 0.2) is 0 Å². The number of likely N-dealkylation sites (N-methyl/N-ethyl adjacent to an activating group) is 2. The third-order valence-electron chi connectivity index (χ3n) is 3.35. The fraction of sp³-hybridized carbons (Fsp3) is 0.500. The summed E-state index contributed by atoms with van der Waals surface area (Å²) in [5.41, 5.74) is 7.51. The Morgan fingerprint density at radius 1 is 1.29 bits per heavy atom. The lowest BCUT2D eigenvalue weighted by molar-refractivity contribution is -0.121. The monoisotopic (exact) mass is 313 g/mol. The molecule has 7 heteroatoms. The fourth-order valence-electron chi connectivity index (χ4n) is 2.06. The van der Waals surface area contributed by atoms with Crippen LogP contribution < -0.4 is 11.1 Å². The number of nitrogens with one attached hydrogen (secondary N) is 1. The van der Waals surface area contributed by atoms with Crippen molar-refractivity contribution in [1.82, 2.24) is 9.62 Å². The molecule has 0 spiro atoms. The van der Waals surface area contributed by atoms with Gasteiger partial charge in [-0.2, -0.15) is 4.31 Å². The Labute approximate surface area is 126 Å². The number of nitrogens with zero attached hydrogens (tertiary/aromatic N) is 1. The van der Waals surface area contributed by atoms with E-state index in [1.165, 1.54) is 0 Å². The lowest BCUT2D eigenvalue weighted by Crippen LogP contribution is -2.41. The number of sulfonamides is 1. The molecular weight excluding hydrogens is 290 g/mol. The zero-order chi connectivity index (χ0) is 16.2. The van der Waals surface area contributed by atoms with Gasteiger partial charge in [0.25, 0.3) is 0 Å². The molecule has 0 radical (unpaired) electrons. The van der Waals surface area contributed by atoms with Crippen molar-refractivity contribution < 1.29 is 13.2 Å². The van der Waals surface area contributed by atoms with Crippen LogP contribution in [-0.4, -0.2) is 38.3 Å². The Kier molecular flexibility index (Phi) is 5.74. The first-order valence-electron chi connectivity index (χ1n) is 6.88. The maximum Gasteiger partial charge on any atom is 0.245 e. The smallest absolute Gasteiger partial charge is 0.245 e. The minimum absolute atomic E-state index is 0.0913. The molecule has 0 heterocycles. The van der Waals surface area contributed by atoms with E-state index >= 15 is 0 Å². The fourth-order valence-corrected chi connectivity index (χ4v) is 3.86. The van der Waals surface area contributed by atoms with Gasteiger partial charge in [-0.25, -0.2) is 8.42 Å². The summed E-state index contributed by atoms with van der Waals surface area (Å²) in [6.07, 6.45) is 0. The molecule has 118 valence electrons. The molecular formula is C14H23N3O3S. The second-order valence-electron chi connectivity index (χ2n) is 4.81. The molecule has 0 saturated heterocycles. The summed E-state index contributed by atoms with van der Waals surface area (Å²) in [6, 6.07) is 3.36. The van der Waals surface area contributed by atoms with Gasteiger partial charge in [-0.1, -0.05) is 13.0 Å². The number of aryl methyl sites for hydroxylation is 1. The van der Waals surface area contributed by atoms with Crippen molar-refractivity contribution in [3.8, 4) is 0 Å². The highest BCUT2D eigenvalue weighted by Crippen LogP contribution is 2.28. The average Bonchev–Trinajstić information content (AvgIpc) is 2.40. The van der Waals surface area contributed by atoms with E-state index in [1.54, 1.807) is 32.9 Å². The molecule has 0 fully saturated rings. The van der Waals surface area contributed by atoms with Crippen LogP contribution >= 0.6 is 0 Å². The number of hydrogen-bond acceptors (Lipinski definition) is 4. The molecule has 21 heavy (non-hydrogen) atoms. The first kappa shape index (κ1) is 17.5. The number of hydrogen-bond donors (Lipinski definition) is 2. The summed E-state index contributed by atoms with van der Waals surface area (Å²) in [5.74, 6) is -0.327. The molecule has 0 unspecified atom stereocenters. The number of carbonyl (C=O) groups excluding carboxylic acids is 1. The van der Waals surface area contributed by atoms with Gasteiger partial charge < -0.3 is 11.1 Å². The molecule has 0 aliphatic carbocycles. The van der Waals surface area contributed by atoms with Crippen LogP contribution in [0.1, 0.15) is 25.0 Å². The van der Waals surface area contributed by atoms with Gasteiger partial charge in [-0.05, 0) is 38.0 Å². The largest absolute Gasteiger partial charge is 0.398 e. The number of rotatable bonds is 6. The second-order valence-corrected chi connectivity index (χ2v) is 6.69. The van der Waals surface area contributed by atoms with Gasteiger partial charge in [-0.15, -0.1) is 0 Å². The summed E-state index contributed by atoms with van der Waals surface area (Å²) in [6.45, 7) is 7.48. The highest BCUT2D eigenvalue weighted by Gasteiger charge is 2.29. The van der Waals surface area contributed by atoms with Crippen molar-refractivity contribution in [1.29, 1.82) is 0 Å². The van der Waals surface area contributed by atoms with Crippen molar-refractivity contribution in [2.75, 3.05) is 25.4 Å². The van der Waals surface area contributed by atoms with E-state index in [9.17, 15) is 13.2 Å². The Morgan fingerprint density at radius 2 is 1.90 bits per heavy atom. The lowest BCUT2D eigenvalue weighted by atomic mass is 10.1. The van der Waals surface area contributed by atoms with Crippen LogP contribution in [-0.2, 0) is 14.8 Å². The molecule has 6 nitrogen and oxygen atoms in total. The Balaban J connectivity index is 3.26. The molecule has 1 aromatic rings. The van der Waals surface area contributed by atoms with Crippen LogP contribution in [0.4, 0.5) is 5.69 Å². The molecule has 0 aliphatic rings. The lowest BCUT2D eigenvalue weighted by Gasteiger charge is -2.22. The maximum absolute atomic E-state index is 12.8. The van der Waals surface area contributed by atoms with Crippen LogP contribution in [0.25, 0.3) is 0 Å². The van der Waals surface area contributed by atoms with Gasteiger partial charge in [0.2, 0.25) is 15.9 Å². The zero-order valence-corrected chi connectivity index (χ0v) is 13.8. The van der Waals surface area contributed by atoms with Crippen LogP contribution in [0.3, 0.4) is 0 Å². The Morgan fingerprint density at radius 3 is 2.43 bits per heavy atom. The molecule has 0 bridgehead atoms. The normalized spacial score (nSPS) is 11.7. The van der Waals surface area contributed by atoms with Gasteiger partial charge in [0.05, 0.1) is 12.2 Å². The van der Waals surface area contributed by atoms with Crippen molar-refractivity contribution >= 4 is 21.6 Å². The van der Waals surface area contributed by atoms with Gasteiger partial charge in [0, 0.05) is 13.1 Å². The predicted octanol–water partition coefficient (Wildman–Crippen LogP) is 1.03. The second kappa shape index (κ2) is 6.91. The van der Waals surface area contributed by atoms with E-state index in [-0.39, 0.29) is 29.6 Å². The van der Waals surface area contributed by atoms with E-state index < -0.39 is 10.0 Å². The SMILES string of the molecule is CCNC(=O)CN(CC)S(=O)(=O)c1c(N)ccc(C)c1C. The van der Waals surface area contributed by atoms with Crippen LogP contribution in [0, 0.1) is 13.8 Å². The van der Waals surface area contributed by atoms with E-state index in [0.29, 0.717) is 12.1 Å². The minimum Gasteiger partial charge on any atom is -0.398 e. The number of nitrogen functional groups attached to an aromatic ring is 1. The van der Waals surface area contributed by atoms with Gasteiger partial charge in [-0.3, -0.25) is 4.79 Å². The molecule has 1 aromatic carbocycles. The van der Waals surface area contributed by atoms with E-state index in [0.717, 1.165) is 9.87 Å². The molecule has 0 aromatic heterocycles. The topological polar surface area (TPSA) is 92.5 Å². The first-order valence-corrected chi connectivity index (χ1v) is 8.32. The summed E-state index contributed by atoms with van der Waals surface area (Å²) >= 11 is 0. The average molecular weight is 313 g/mol. The summed E-state index contributed by atoms with van der Waals surface area (Å²) in [5, 5.41) is 2.60. The quantitative estimate of drug-likeness (QED) is 0.767. The van der Waals surface area contributed by atoms with Gasteiger partial charge >= 0.3 is 0 Å². The first-order chi connectivity index (χ1) is 9.75. The van der Waals surface area contributed by atoms with Crippen LogP contribution in [0.2, 0.25) is 0 Å². The number of carbonyl (C=O) groups is 1. The van der Waals surface area contributed by atoms with E-state index in [4.69, 9.17) is 5.73 Å². The van der Waals surface area contributed by atoms with Crippen molar-refractivity contribution in [2.45, 2.75) is 32.6 Å². The number of anilines is 1. The third-order valence-corrected chi connectivity index (χ3v) is 5.48. The van der Waals surface area contributed by atoms with Crippen LogP contribution in [0.15, 0.2) is 17.0 Å². The highest BCUT2D eigenvalue weighted by molar-refractivity contribution is 7.89. The van der Waals surface area contributed by atoms with Crippen molar-refractivity contribution in [3.63, 3.8) is 0 Å². The Bertz CT molecular complexity index is 627. The standard InChI is InChI=1S/C14H23N3O3S/c1-5-16-13(18)9-17(6-2)21(19,20)14-11(4)10(3)7-8-12(14)15/h7-8H,5-6,9,15H2,1-4H3,(H,16,18). The summed E-state index contributed by atoms with van der Waals surface area (Å²) in [4.78, 5) is 11.8. The summed E-state index contributed by atoms with van der Waals surface area (Å²) < 4.78 is 26.7. The van der Waals surface area contributed by atoms with E-state index in [1.807, 2.05) is 6.92 Å². The zero-order valence-electron chi connectivity index (χ0n) is 12.9. The molecule has 0 atom stereocenters. The third kappa shape index (κ3) is 3.74. The Hall–Kier alpha value is -1.60.